The third-order valence-corrected chi connectivity index (χ3v) is 9.14. The number of esters is 1. The van der Waals surface area contributed by atoms with Crippen LogP contribution in [0.15, 0.2) is 64.0 Å². The molecule has 5 rings (SSSR count). The first-order valence-electron chi connectivity index (χ1n) is 16.0. The molecule has 12 nitrogen and oxygen atoms in total. The summed E-state index contributed by atoms with van der Waals surface area (Å²) in [6.45, 7) is 3.30. The number of benzene rings is 1. The summed E-state index contributed by atoms with van der Waals surface area (Å²) in [5.41, 5.74) is -0.874. The number of nitrogens with one attached hydrogen (secondary N) is 3. The van der Waals surface area contributed by atoms with Gasteiger partial charge in [0.05, 0.1) is 12.7 Å². The van der Waals surface area contributed by atoms with E-state index in [1.54, 1.807) is 25.1 Å². The van der Waals surface area contributed by atoms with Gasteiger partial charge in [-0.05, 0) is 76.5 Å². The number of hydrogen-bond donors (Lipinski definition) is 4. The monoisotopic (exact) mass is 646 g/mol. The van der Waals surface area contributed by atoms with Crippen molar-refractivity contribution >= 4 is 40.3 Å². The highest BCUT2D eigenvalue weighted by Crippen LogP contribution is 2.46. The Balaban J connectivity index is 1.29. The van der Waals surface area contributed by atoms with E-state index in [9.17, 15) is 29.1 Å². The SMILES string of the molecule is COC(=O)/C=C/CCC(NC(=O)c1oc2ccccc2c1C)C(=O)Nc1cccn(CC(=O)NC23CCCC(CC(C)(O)C2)C3)c1=O. The smallest absolute Gasteiger partial charge is 0.330 e. The number of aryl methyl sites for hydroxylation is 1. The lowest BCUT2D eigenvalue weighted by Crippen LogP contribution is -2.59. The number of carbonyl (C=O) groups excluding carboxylic acids is 4. The third kappa shape index (κ3) is 7.99. The normalized spacial score (nSPS) is 22.9. The van der Waals surface area contributed by atoms with Crippen LogP contribution >= 0.6 is 0 Å². The summed E-state index contributed by atoms with van der Waals surface area (Å²) in [6, 6.07) is 9.07. The van der Waals surface area contributed by atoms with Crippen molar-refractivity contribution in [3.63, 3.8) is 0 Å². The van der Waals surface area contributed by atoms with E-state index >= 15 is 0 Å². The quantitative estimate of drug-likeness (QED) is 0.180. The molecular weight excluding hydrogens is 604 g/mol. The van der Waals surface area contributed by atoms with Crippen molar-refractivity contribution in [2.24, 2.45) is 5.92 Å². The molecule has 3 aromatic rings. The minimum atomic E-state index is -1.11. The van der Waals surface area contributed by atoms with Crippen LogP contribution in [0.25, 0.3) is 11.0 Å². The number of ether oxygens (including phenoxy) is 1. The topological polar surface area (TPSA) is 169 Å². The van der Waals surface area contributed by atoms with Gasteiger partial charge < -0.3 is 34.8 Å². The minimum Gasteiger partial charge on any atom is -0.466 e. The van der Waals surface area contributed by atoms with Gasteiger partial charge in [-0.15, -0.1) is 0 Å². The number of nitrogens with zero attached hydrogens (tertiary/aromatic N) is 1. The van der Waals surface area contributed by atoms with Gasteiger partial charge in [0.1, 0.15) is 23.9 Å². The molecule has 47 heavy (non-hydrogen) atoms. The van der Waals surface area contributed by atoms with Crippen LogP contribution in [0.2, 0.25) is 0 Å². The van der Waals surface area contributed by atoms with Gasteiger partial charge in [-0.1, -0.05) is 37.1 Å². The summed E-state index contributed by atoms with van der Waals surface area (Å²) in [5, 5.41) is 20.0. The van der Waals surface area contributed by atoms with Crippen LogP contribution in [0.3, 0.4) is 0 Å². The summed E-state index contributed by atoms with van der Waals surface area (Å²) in [6.07, 6.45) is 9.29. The zero-order valence-corrected chi connectivity index (χ0v) is 27.0. The van der Waals surface area contributed by atoms with Gasteiger partial charge in [-0.25, -0.2) is 4.79 Å². The van der Waals surface area contributed by atoms with E-state index in [0.29, 0.717) is 29.9 Å². The first-order valence-corrected chi connectivity index (χ1v) is 16.0. The Morgan fingerprint density at radius 1 is 1.17 bits per heavy atom. The standard InChI is InChI=1S/C35H42N4O8/c1-22-24-11-4-6-14-27(24)47-30(22)32(43)36-25(12-5-7-15-29(41)46-3)31(42)37-26-13-9-17-39(33(26)44)20-28(40)38-35-16-8-10-23(19-35)18-34(2,45)21-35/h4,6-7,9,11,13-15,17,23,25,45H,5,8,10,12,16,18-21H2,1-3H3,(H,36,43)(H,37,42)(H,38,40)/b15-7+. The molecule has 0 spiro atoms. The van der Waals surface area contributed by atoms with Crippen molar-refractivity contribution in [3.8, 4) is 0 Å². The van der Waals surface area contributed by atoms with Gasteiger partial charge in [-0.3, -0.25) is 19.2 Å². The molecular formula is C35H42N4O8. The molecule has 2 bridgehead atoms. The molecule has 4 N–H and O–H groups in total. The van der Waals surface area contributed by atoms with Crippen LogP contribution in [-0.4, -0.2) is 57.7 Å². The first kappa shape index (κ1) is 33.6. The summed E-state index contributed by atoms with van der Waals surface area (Å²) in [5.74, 6) is -1.77. The van der Waals surface area contributed by atoms with Crippen LogP contribution in [0.1, 0.15) is 74.4 Å². The fraction of sp³-hybridized carbons (Fsp3) is 0.457. The van der Waals surface area contributed by atoms with E-state index in [1.165, 1.54) is 36.1 Å². The van der Waals surface area contributed by atoms with Crippen molar-refractivity contribution < 1.29 is 33.4 Å². The van der Waals surface area contributed by atoms with E-state index in [0.717, 1.165) is 31.1 Å². The number of para-hydroxylation sites is 1. The predicted molar refractivity (Wildman–Crippen MR) is 175 cm³/mol. The minimum absolute atomic E-state index is 0.0606. The molecule has 4 atom stereocenters. The lowest BCUT2D eigenvalue weighted by molar-refractivity contribution is -0.135. The molecule has 3 amide bonds. The van der Waals surface area contributed by atoms with Crippen molar-refractivity contribution in [1.29, 1.82) is 0 Å². The molecule has 2 saturated carbocycles. The summed E-state index contributed by atoms with van der Waals surface area (Å²) in [4.78, 5) is 64.9. The van der Waals surface area contributed by atoms with Gasteiger partial charge >= 0.3 is 5.97 Å². The molecule has 2 aromatic heterocycles. The van der Waals surface area contributed by atoms with Crippen molar-refractivity contribution in [2.75, 3.05) is 12.4 Å². The number of carbonyl (C=O) groups is 4. The van der Waals surface area contributed by atoms with Gasteiger partial charge in [0.2, 0.25) is 11.8 Å². The molecule has 2 fully saturated rings. The van der Waals surface area contributed by atoms with Crippen molar-refractivity contribution in [1.82, 2.24) is 15.2 Å². The van der Waals surface area contributed by atoms with Crippen molar-refractivity contribution in [3.05, 3.63) is 76.4 Å². The third-order valence-electron chi connectivity index (χ3n) is 9.14. The molecule has 4 unspecified atom stereocenters. The number of aromatic nitrogens is 1. The molecule has 0 radical (unpaired) electrons. The van der Waals surface area contributed by atoms with E-state index in [-0.39, 0.29) is 36.7 Å². The Morgan fingerprint density at radius 2 is 1.96 bits per heavy atom. The number of furan rings is 1. The molecule has 250 valence electrons. The summed E-state index contributed by atoms with van der Waals surface area (Å²) in [7, 11) is 1.25. The second-order valence-electron chi connectivity index (χ2n) is 13.1. The Hall–Kier alpha value is -4.71. The molecule has 12 heteroatoms. The number of fused-ring (bicyclic) bond motifs is 3. The van der Waals surface area contributed by atoms with Crippen LogP contribution in [0.5, 0.6) is 0 Å². The van der Waals surface area contributed by atoms with Gasteiger partial charge in [0.15, 0.2) is 5.76 Å². The highest BCUT2D eigenvalue weighted by Gasteiger charge is 2.48. The molecule has 2 aliphatic rings. The van der Waals surface area contributed by atoms with Gasteiger partial charge in [-0.2, -0.15) is 0 Å². The Labute approximate surface area is 272 Å². The second kappa shape index (κ2) is 14.0. The number of amides is 3. The van der Waals surface area contributed by atoms with E-state index in [2.05, 4.69) is 20.7 Å². The number of methoxy groups -OCH3 is 1. The second-order valence-corrected chi connectivity index (χ2v) is 13.1. The van der Waals surface area contributed by atoms with Crippen LogP contribution in [0.4, 0.5) is 5.69 Å². The Morgan fingerprint density at radius 3 is 2.72 bits per heavy atom. The Bertz CT molecular complexity index is 1760. The largest absolute Gasteiger partial charge is 0.466 e. The summed E-state index contributed by atoms with van der Waals surface area (Å²) >= 11 is 0. The van der Waals surface area contributed by atoms with Crippen molar-refractivity contribution in [2.45, 2.75) is 88.9 Å². The molecule has 1 aromatic carbocycles. The number of pyridine rings is 1. The average Bonchev–Trinajstić information content (AvgIpc) is 3.35. The van der Waals surface area contributed by atoms with E-state index < -0.39 is 40.5 Å². The maximum absolute atomic E-state index is 13.5. The zero-order valence-electron chi connectivity index (χ0n) is 27.0. The van der Waals surface area contributed by atoms with E-state index in [4.69, 9.17) is 4.42 Å². The molecule has 0 aliphatic heterocycles. The molecule has 2 heterocycles. The highest BCUT2D eigenvalue weighted by molar-refractivity contribution is 6.03. The predicted octanol–water partition coefficient (Wildman–Crippen LogP) is 3.74. The van der Waals surface area contributed by atoms with Crippen LogP contribution in [0, 0.1) is 12.8 Å². The lowest BCUT2D eigenvalue weighted by atomic mass is 9.62. The molecule has 2 aliphatic carbocycles. The maximum Gasteiger partial charge on any atom is 0.330 e. The number of hydrogen-bond acceptors (Lipinski definition) is 8. The maximum atomic E-state index is 13.5. The van der Waals surface area contributed by atoms with E-state index in [1.807, 2.05) is 19.1 Å². The average molecular weight is 647 g/mol. The Kier molecular flexibility index (Phi) is 9.99. The van der Waals surface area contributed by atoms with Gasteiger partial charge in [0.25, 0.3) is 11.5 Å². The van der Waals surface area contributed by atoms with Crippen LogP contribution < -0.4 is 21.5 Å². The first-order chi connectivity index (χ1) is 22.4. The highest BCUT2D eigenvalue weighted by atomic mass is 16.5. The number of anilines is 1. The fourth-order valence-corrected chi connectivity index (χ4v) is 7.26. The fourth-order valence-electron chi connectivity index (χ4n) is 7.26. The summed E-state index contributed by atoms with van der Waals surface area (Å²) < 4.78 is 11.6. The van der Waals surface area contributed by atoms with Crippen LogP contribution in [-0.2, 0) is 25.7 Å². The van der Waals surface area contributed by atoms with Gasteiger partial charge in [0, 0.05) is 28.8 Å². The number of allylic oxidation sites excluding steroid dienone is 1. The molecule has 0 saturated heterocycles. The lowest BCUT2D eigenvalue weighted by Gasteiger charge is -2.51. The zero-order chi connectivity index (χ0) is 33.8. The number of rotatable bonds is 11. The number of aliphatic hydroxyl groups is 1.